The third-order valence-electron chi connectivity index (χ3n) is 3.96. The molecule has 2 rings (SSSR count). The molecule has 0 bridgehead atoms. The van der Waals surface area contributed by atoms with Crippen LogP contribution in [0, 0.1) is 0 Å². The number of nitrogens with zero attached hydrogens (tertiary/aromatic N) is 2. The van der Waals surface area contributed by atoms with Crippen LogP contribution in [0.5, 0.6) is 11.5 Å². The molecule has 1 saturated heterocycles. The highest BCUT2D eigenvalue weighted by molar-refractivity contribution is 5.79. The van der Waals surface area contributed by atoms with Gasteiger partial charge in [0.15, 0.2) is 6.61 Å². The van der Waals surface area contributed by atoms with Gasteiger partial charge in [-0.15, -0.1) is 0 Å². The van der Waals surface area contributed by atoms with Crippen LogP contribution >= 0.6 is 0 Å². The number of amides is 2. The minimum Gasteiger partial charge on any atom is -0.497 e. The maximum atomic E-state index is 12.2. The van der Waals surface area contributed by atoms with E-state index < -0.39 is 0 Å². The molecule has 0 aromatic heterocycles. The highest BCUT2D eigenvalue weighted by Crippen LogP contribution is 2.17. The molecule has 1 heterocycles. The summed E-state index contributed by atoms with van der Waals surface area (Å²) in [5.74, 6) is 1.37. The van der Waals surface area contributed by atoms with Gasteiger partial charge in [0.2, 0.25) is 5.91 Å². The van der Waals surface area contributed by atoms with Gasteiger partial charge in [-0.3, -0.25) is 14.5 Å². The fraction of sp³-hybridized carbons (Fsp3) is 0.556. The number of carbonyl (C=O) groups excluding carboxylic acids is 2. The van der Waals surface area contributed by atoms with Gasteiger partial charge in [-0.2, -0.15) is 0 Å². The van der Waals surface area contributed by atoms with Crippen molar-refractivity contribution < 1.29 is 19.1 Å². The van der Waals surface area contributed by atoms with E-state index in [4.69, 9.17) is 9.47 Å². The average Bonchev–Trinajstić information content (AvgIpc) is 2.60. The second-order valence-electron chi connectivity index (χ2n) is 6.34. The molecular formula is C18H27N3O4. The van der Waals surface area contributed by atoms with Gasteiger partial charge in [-0.1, -0.05) is 0 Å². The zero-order valence-electron chi connectivity index (χ0n) is 15.2. The van der Waals surface area contributed by atoms with Crippen LogP contribution in [0.2, 0.25) is 0 Å². The van der Waals surface area contributed by atoms with E-state index >= 15 is 0 Å². The smallest absolute Gasteiger partial charge is 0.260 e. The molecule has 7 heteroatoms. The standard InChI is InChI=1S/C18H27N3O4/c1-14(2)19-17(22)12-20-8-10-21(11-9-20)18(23)13-25-16-6-4-15(24-3)5-7-16/h4-7,14H,8-13H2,1-3H3,(H,19,22). The first kappa shape index (κ1) is 19.1. The van der Waals surface area contributed by atoms with Crippen molar-refractivity contribution >= 4 is 11.8 Å². The Balaban J connectivity index is 1.70. The first-order valence-corrected chi connectivity index (χ1v) is 8.54. The van der Waals surface area contributed by atoms with Crippen molar-refractivity contribution in [3.63, 3.8) is 0 Å². The molecule has 0 spiro atoms. The van der Waals surface area contributed by atoms with Crippen LogP contribution in [0.1, 0.15) is 13.8 Å². The minimum atomic E-state index is -0.0397. The summed E-state index contributed by atoms with van der Waals surface area (Å²) in [5, 5.41) is 2.88. The lowest BCUT2D eigenvalue weighted by molar-refractivity contribution is -0.135. The molecule has 0 atom stereocenters. The molecule has 25 heavy (non-hydrogen) atoms. The number of hydrogen-bond acceptors (Lipinski definition) is 5. The predicted molar refractivity (Wildman–Crippen MR) is 94.8 cm³/mol. The zero-order chi connectivity index (χ0) is 18.2. The van der Waals surface area contributed by atoms with E-state index in [1.54, 1.807) is 36.3 Å². The topological polar surface area (TPSA) is 71.1 Å². The Labute approximate surface area is 148 Å². The number of ether oxygens (including phenoxy) is 2. The summed E-state index contributed by atoms with van der Waals surface area (Å²) >= 11 is 0. The zero-order valence-corrected chi connectivity index (χ0v) is 15.2. The molecule has 7 nitrogen and oxygen atoms in total. The van der Waals surface area contributed by atoms with Crippen molar-refractivity contribution in [1.82, 2.24) is 15.1 Å². The molecule has 138 valence electrons. The second kappa shape index (κ2) is 9.27. The number of methoxy groups -OCH3 is 1. The van der Waals surface area contributed by atoms with Gasteiger partial charge in [-0.25, -0.2) is 0 Å². The molecule has 0 radical (unpaired) electrons. The number of nitrogens with one attached hydrogen (secondary N) is 1. The highest BCUT2D eigenvalue weighted by Gasteiger charge is 2.22. The predicted octanol–water partition coefficient (Wildman–Crippen LogP) is 0.743. The Kier molecular flexibility index (Phi) is 7.06. The third-order valence-corrected chi connectivity index (χ3v) is 3.96. The van der Waals surface area contributed by atoms with Gasteiger partial charge in [0.1, 0.15) is 11.5 Å². The van der Waals surface area contributed by atoms with Gasteiger partial charge in [0.05, 0.1) is 13.7 Å². The van der Waals surface area contributed by atoms with E-state index in [-0.39, 0.29) is 24.5 Å². The number of carbonyl (C=O) groups is 2. The number of rotatable bonds is 7. The van der Waals surface area contributed by atoms with Gasteiger partial charge < -0.3 is 19.7 Å². The minimum absolute atomic E-state index is 0.0141. The van der Waals surface area contributed by atoms with Crippen LogP contribution in [-0.2, 0) is 9.59 Å². The Morgan fingerprint density at radius 1 is 1.08 bits per heavy atom. The highest BCUT2D eigenvalue weighted by atomic mass is 16.5. The van der Waals surface area contributed by atoms with Gasteiger partial charge >= 0.3 is 0 Å². The molecule has 1 aliphatic heterocycles. The van der Waals surface area contributed by atoms with Crippen LogP contribution < -0.4 is 14.8 Å². The Bertz CT molecular complexity index is 566. The Morgan fingerprint density at radius 2 is 1.68 bits per heavy atom. The first-order chi connectivity index (χ1) is 12.0. The van der Waals surface area contributed by atoms with Crippen molar-refractivity contribution in [3.8, 4) is 11.5 Å². The quantitative estimate of drug-likeness (QED) is 0.786. The molecular weight excluding hydrogens is 322 g/mol. The number of piperazine rings is 1. The SMILES string of the molecule is COc1ccc(OCC(=O)N2CCN(CC(=O)NC(C)C)CC2)cc1. The van der Waals surface area contributed by atoms with E-state index in [0.717, 1.165) is 5.75 Å². The van der Waals surface area contributed by atoms with Gasteiger partial charge in [0, 0.05) is 32.2 Å². The molecule has 0 saturated carbocycles. The summed E-state index contributed by atoms with van der Waals surface area (Å²) in [6, 6.07) is 7.28. The average molecular weight is 349 g/mol. The van der Waals surface area contributed by atoms with Crippen LogP contribution in [0.15, 0.2) is 24.3 Å². The van der Waals surface area contributed by atoms with Crippen LogP contribution in [0.3, 0.4) is 0 Å². The van der Waals surface area contributed by atoms with Crippen molar-refractivity contribution in [2.45, 2.75) is 19.9 Å². The molecule has 0 unspecified atom stereocenters. The summed E-state index contributed by atoms with van der Waals surface area (Å²) in [6.07, 6.45) is 0. The van der Waals surface area contributed by atoms with E-state index in [2.05, 4.69) is 10.2 Å². The first-order valence-electron chi connectivity index (χ1n) is 8.54. The van der Waals surface area contributed by atoms with Crippen LogP contribution in [0.4, 0.5) is 0 Å². The fourth-order valence-corrected chi connectivity index (χ4v) is 2.63. The van der Waals surface area contributed by atoms with Crippen molar-refractivity contribution in [1.29, 1.82) is 0 Å². The normalized spacial score (nSPS) is 15.1. The molecule has 0 aliphatic carbocycles. The van der Waals surface area contributed by atoms with Crippen molar-refractivity contribution in [2.24, 2.45) is 0 Å². The summed E-state index contributed by atoms with van der Waals surface area (Å²) in [7, 11) is 1.60. The van der Waals surface area contributed by atoms with Gasteiger partial charge in [-0.05, 0) is 38.1 Å². The molecule has 1 aromatic carbocycles. The summed E-state index contributed by atoms with van der Waals surface area (Å²) in [4.78, 5) is 27.9. The summed E-state index contributed by atoms with van der Waals surface area (Å²) < 4.78 is 10.6. The third kappa shape index (κ3) is 6.26. The largest absolute Gasteiger partial charge is 0.497 e. The molecule has 1 N–H and O–H groups in total. The van der Waals surface area contributed by atoms with E-state index in [1.807, 2.05) is 13.8 Å². The van der Waals surface area contributed by atoms with E-state index in [9.17, 15) is 9.59 Å². The lowest BCUT2D eigenvalue weighted by Gasteiger charge is -2.34. The summed E-state index contributed by atoms with van der Waals surface area (Å²) in [6.45, 7) is 6.89. The summed E-state index contributed by atoms with van der Waals surface area (Å²) in [5.41, 5.74) is 0. The Hall–Kier alpha value is -2.28. The lowest BCUT2D eigenvalue weighted by atomic mass is 10.3. The van der Waals surface area contributed by atoms with Crippen LogP contribution in [0.25, 0.3) is 0 Å². The number of hydrogen-bond donors (Lipinski definition) is 1. The Morgan fingerprint density at radius 3 is 2.24 bits per heavy atom. The fourth-order valence-electron chi connectivity index (χ4n) is 2.63. The molecule has 1 aliphatic rings. The molecule has 1 fully saturated rings. The molecule has 2 amide bonds. The van der Waals surface area contributed by atoms with E-state index in [1.165, 1.54) is 0 Å². The maximum absolute atomic E-state index is 12.2. The molecule has 1 aromatic rings. The number of benzene rings is 1. The van der Waals surface area contributed by atoms with Crippen molar-refractivity contribution in [3.05, 3.63) is 24.3 Å². The van der Waals surface area contributed by atoms with Crippen molar-refractivity contribution in [2.75, 3.05) is 46.4 Å². The monoisotopic (exact) mass is 349 g/mol. The van der Waals surface area contributed by atoms with Crippen LogP contribution in [-0.4, -0.2) is 74.1 Å². The lowest BCUT2D eigenvalue weighted by Crippen LogP contribution is -2.52. The van der Waals surface area contributed by atoms with Gasteiger partial charge in [0.25, 0.3) is 5.91 Å². The second-order valence-corrected chi connectivity index (χ2v) is 6.34. The van der Waals surface area contributed by atoms with E-state index in [0.29, 0.717) is 38.5 Å². The maximum Gasteiger partial charge on any atom is 0.260 e.